The van der Waals surface area contributed by atoms with E-state index in [0.29, 0.717) is 24.5 Å². The first-order chi connectivity index (χ1) is 9.50. The predicted octanol–water partition coefficient (Wildman–Crippen LogP) is 0.542. The summed E-state index contributed by atoms with van der Waals surface area (Å²) < 4.78 is 27.9. The van der Waals surface area contributed by atoms with Crippen LogP contribution in [0.1, 0.15) is 12.5 Å². The lowest BCUT2D eigenvalue weighted by Gasteiger charge is -2.18. The molecule has 1 aromatic rings. The van der Waals surface area contributed by atoms with E-state index in [-0.39, 0.29) is 24.0 Å². The van der Waals surface area contributed by atoms with Gasteiger partial charge in [-0.05, 0) is 17.7 Å². The number of carbonyl (C=O) groups excluding carboxylic acids is 1. The molecule has 0 spiro atoms. The molecule has 20 heavy (non-hydrogen) atoms. The minimum atomic E-state index is -2.94. The Morgan fingerprint density at radius 3 is 2.95 bits per heavy atom. The molecule has 1 amide bonds. The molecule has 0 saturated carbocycles. The number of anilines is 1. The number of carbonyl (C=O) groups is 1. The molecule has 7 heteroatoms. The Kier molecular flexibility index (Phi) is 4.61. The number of rotatable bonds is 6. The summed E-state index contributed by atoms with van der Waals surface area (Å²) in [5, 5.41) is 5.81. The Morgan fingerprint density at radius 1 is 1.40 bits per heavy atom. The van der Waals surface area contributed by atoms with Gasteiger partial charge in [0, 0.05) is 18.8 Å². The van der Waals surface area contributed by atoms with Crippen LogP contribution < -0.4 is 15.4 Å². The molecule has 0 fully saturated rings. The fraction of sp³-hybridized carbons (Fsp3) is 0.462. The molecule has 1 heterocycles. The van der Waals surface area contributed by atoms with Crippen molar-refractivity contribution in [1.29, 1.82) is 0 Å². The highest BCUT2D eigenvalue weighted by atomic mass is 32.2. The Bertz CT molecular complexity index is 598. The second-order valence-corrected chi connectivity index (χ2v) is 7.05. The first-order valence-corrected chi connectivity index (χ1v) is 8.29. The molecule has 0 aromatic heterocycles. The number of benzene rings is 1. The highest BCUT2D eigenvalue weighted by Gasteiger charge is 2.15. The lowest BCUT2D eigenvalue weighted by atomic mass is 10.1. The molecular formula is C13H18N2O4S. The number of hydrogen-bond acceptors (Lipinski definition) is 5. The van der Waals surface area contributed by atoms with E-state index in [1.54, 1.807) is 13.0 Å². The second-order valence-electron chi connectivity index (χ2n) is 4.58. The van der Waals surface area contributed by atoms with Gasteiger partial charge in [-0.15, -0.1) is 0 Å². The predicted molar refractivity (Wildman–Crippen MR) is 76.6 cm³/mol. The summed E-state index contributed by atoms with van der Waals surface area (Å²) in [7, 11) is -2.94. The average molecular weight is 298 g/mol. The van der Waals surface area contributed by atoms with Crippen molar-refractivity contribution in [2.75, 3.05) is 30.0 Å². The maximum Gasteiger partial charge on any atom is 0.262 e. The van der Waals surface area contributed by atoms with E-state index >= 15 is 0 Å². The first-order valence-electron chi connectivity index (χ1n) is 6.47. The lowest BCUT2D eigenvalue weighted by Crippen LogP contribution is -2.26. The quantitative estimate of drug-likeness (QED) is 0.749. The zero-order chi connectivity index (χ0) is 14.6. The molecular weight excluding hydrogens is 280 g/mol. The summed E-state index contributed by atoms with van der Waals surface area (Å²) in [4.78, 5) is 11.2. The molecule has 2 rings (SSSR count). The van der Waals surface area contributed by atoms with Gasteiger partial charge in [-0.3, -0.25) is 4.79 Å². The summed E-state index contributed by atoms with van der Waals surface area (Å²) in [5.41, 5.74) is 1.62. The number of fused-ring (bicyclic) bond motifs is 1. The van der Waals surface area contributed by atoms with Crippen LogP contribution in [0.3, 0.4) is 0 Å². The highest BCUT2D eigenvalue weighted by molar-refractivity contribution is 7.91. The van der Waals surface area contributed by atoms with Crippen molar-refractivity contribution in [3.05, 3.63) is 23.8 Å². The van der Waals surface area contributed by atoms with E-state index in [1.807, 2.05) is 12.1 Å². The minimum absolute atomic E-state index is 0.0411. The standard InChI is InChI=1S/C13H18N2O4S/c1-2-20(17,18)6-5-14-8-10-3-4-12-11(7-10)15-13(16)9-19-12/h3-4,7,14H,2,5-6,8-9H2,1H3,(H,15,16). The third kappa shape index (κ3) is 3.94. The number of amides is 1. The van der Waals surface area contributed by atoms with Crippen LogP contribution in [-0.4, -0.2) is 39.0 Å². The van der Waals surface area contributed by atoms with Crippen LogP contribution in [-0.2, 0) is 21.2 Å². The van der Waals surface area contributed by atoms with E-state index in [2.05, 4.69) is 10.6 Å². The number of nitrogens with one attached hydrogen (secondary N) is 2. The molecule has 0 radical (unpaired) electrons. The molecule has 1 aliphatic heterocycles. The van der Waals surface area contributed by atoms with Crippen LogP contribution in [0.2, 0.25) is 0 Å². The highest BCUT2D eigenvalue weighted by Crippen LogP contribution is 2.28. The zero-order valence-electron chi connectivity index (χ0n) is 11.3. The third-order valence-corrected chi connectivity index (χ3v) is 4.74. The van der Waals surface area contributed by atoms with Crippen molar-refractivity contribution in [3.63, 3.8) is 0 Å². The van der Waals surface area contributed by atoms with E-state index in [0.717, 1.165) is 5.56 Å². The van der Waals surface area contributed by atoms with Gasteiger partial charge < -0.3 is 15.4 Å². The van der Waals surface area contributed by atoms with Crippen LogP contribution in [0.25, 0.3) is 0 Å². The molecule has 0 unspecified atom stereocenters. The minimum Gasteiger partial charge on any atom is -0.482 e. The fourth-order valence-corrected chi connectivity index (χ4v) is 2.59. The Hall–Kier alpha value is -1.60. The maximum atomic E-state index is 11.3. The van der Waals surface area contributed by atoms with Crippen LogP contribution in [0.5, 0.6) is 5.75 Å². The second kappa shape index (κ2) is 6.23. The molecule has 0 bridgehead atoms. The first kappa shape index (κ1) is 14.8. The fourth-order valence-electron chi connectivity index (χ4n) is 1.84. The summed E-state index contributed by atoms with van der Waals surface area (Å²) in [6, 6.07) is 5.51. The van der Waals surface area contributed by atoms with Gasteiger partial charge in [-0.2, -0.15) is 0 Å². The Labute approximate surface area is 118 Å². The topological polar surface area (TPSA) is 84.5 Å². The molecule has 0 aliphatic carbocycles. The monoisotopic (exact) mass is 298 g/mol. The van der Waals surface area contributed by atoms with E-state index in [9.17, 15) is 13.2 Å². The summed E-state index contributed by atoms with van der Waals surface area (Å²) in [6.45, 7) is 2.64. The van der Waals surface area contributed by atoms with Crippen molar-refractivity contribution in [2.45, 2.75) is 13.5 Å². The van der Waals surface area contributed by atoms with Gasteiger partial charge in [0.1, 0.15) is 5.75 Å². The van der Waals surface area contributed by atoms with Crippen molar-refractivity contribution in [3.8, 4) is 5.75 Å². The van der Waals surface area contributed by atoms with E-state index in [4.69, 9.17) is 4.74 Å². The van der Waals surface area contributed by atoms with Gasteiger partial charge in [0.05, 0.1) is 11.4 Å². The van der Waals surface area contributed by atoms with Gasteiger partial charge in [0.25, 0.3) is 5.91 Å². The molecule has 0 atom stereocenters. The molecule has 110 valence electrons. The van der Waals surface area contributed by atoms with Crippen LogP contribution >= 0.6 is 0 Å². The normalized spacial score (nSPS) is 14.3. The molecule has 1 aliphatic rings. The summed E-state index contributed by atoms with van der Waals surface area (Å²) >= 11 is 0. The smallest absolute Gasteiger partial charge is 0.262 e. The largest absolute Gasteiger partial charge is 0.482 e. The van der Waals surface area contributed by atoms with Crippen molar-refractivity contribution in [2.24, 2.45) is 0 Å². The zero-order valence-corrected chi connectivity index (χ0v) is 12.1. The maximum absolute atomic E-state index is 11.3. The number of ether oxygens (including phenoxy) is 1. The molecule has 6 nitrogen and oxygen atoms in total. The number of sulfone groups is 1. The SMILES string of the molecule is CCS(=O)(=O)CCNCc1ccc2c(c1)NC(=O)CO2. The summed E-state index contributed by atoms with van der Waals surface area (Å²) in [6.07, 6.45) is 0. The molecule has 1 aromatic carbocycles. The van der Waals surface area contributed by atoms with E-state index < -0.39 is 9.84 Å². The molecule has 2 N–H and O–H groups in total. The average Bonchev–Trinajstić information content (AvgIpc) is 2.43. The van der Waals surface area contributed by atoms with Gasteiger partial charge in [0.2, 0.25) is 0 Å². The Balaban J connectivity index is 1.88. The van der Waals surface area contributed by atoms with Crippen molar-refractivity contribution < 1.29 is 17.9 Å². The van der Waals surface area contributed by atoms with Crippen LogP contribution in [0.15, 0.2) is 18.2 Å². The molecule has 0 saturated heterocycles. The summed E-state index contributed by atoms with van der Waals surface area (Å²) in [5.74, 6) is 0.782. The van der Waals surface area contributed by atoms with Gasteiger partial charge in [0.15, 0.2) is 16.4 Å². The van der Waals surface area contributed by atoms with Crippen LogP contribution in [0.4, 0.5) is 5.69 Å². The Morgan fingerprint density at radius 2 is 2.20 bits per heavy atom. The lowest BCUT2D eigenvalue weighted by molar-refractivity contribution is -0.118. The van der Waals surface area contributed by atoms with E-state index in [1.165, 1.54) is 0 Å². The van der Waals surface area contributed by atoms with Gasteiger partial charge in [-0.1, -0.05) is 13.0 Å². The third-order valence-electron chi connectivity index (χ3n) is 3.04. The van der Waals surface area contributed by atoms with Gasteiger partial charge in [-0.25, -0.2) is 8.42 Å². The number of hydrogen-bond donors (Lipinski definition) is 2. The van der Waals surface area contributed by atoms with Crippen LogP contribution in [0, 0.1) is 0 Å². The van der Waals surface area contributed by atoms with Gasteiger partial charge >= 0.3 is 0 Å². The van der Waals surface area contributed by atoms with Crippen molar-refractivity contribution >= 4 is 21.4 Å². The van der Waals surface area contributed by atoms with Crippen molar-refractivity contribution in [1.82, 2.24) is 5.32 Å².